The van der Waals surface area contributed by atoms with Crippen LogP contribution in [0.4, 0.5) is 11.4 Å². The molecule has 2 aromatic carbocycles. The average molecular weight is 723 g/mol. The number of hydrogen-bond donors (Lipinski definition) is 4. The molecule has 1 aromatic heterocycles. The lowest BCUT2D eigenvalue weighted by Gasteiger charge is -2.23. The van der Waals surface area contributed by atoms with Crippen molar-refractivity contribution < 1.29 is 4.74 Å². The molecule has 1 saturated heterocycles. The van der Waals surface area contributed by atoms with Gasteiger partial charge >= 0.3 is 0 Å². The third-order valence-corrected chi connectivity index (χ3v) is 12.3. The monoisotopic (exact) mass is 722 g/mol. The summed E-state index contributed by atoms with van der Waals surface area (Å²) in [4.78, 5) is 2.59. The molecule has 2 atom stereocenters. The molecular formula is C41H67N6OPS. The van der Waals surface area contributed by atoms with Crippen molar-refractivity contribution in [1.29, 1.82) is 0 Å². The second kappa shape index (κ2) is 24.4. The summed E-state index contributed by atoms with van der Waals surface area (Å²) in [5.41, 5.74) is 7.06. The molecule has 1 aliphatic heterocycles. The molecule has 0 radical (unpaired) electrons. The predicted molar refractivity (Wildman–Crippen MR) is 230 cm³/mol. The summed E-state index contributed by atoms with van der Waals surface area (Å²) >= 11 is 0. The Morgan fingerprint density at radius 2 is 1.78 bits per heavy atom. The van der Waals surface area contributed by atoms with Crippen LogP contribution in [0.15, 0.2) is 42.5 Å². The minimum Gasteiger partial charge on any atom is -0.492 e. The first-order valence-corrected chi connectivity index (χ1v) is 22.1. The summed E-state index contributed by atoms with van der Waals surface area (Å²) < 4.78 is 12.2. The fourth-order valence-corrected chi connectivity index (χ4v) is 8.26. The van der Waals surface area contributed by atoms with Gasteiger partial charge in [-0.1, -0.05) is 66.3 Å². The number of methoxy groups -OCH3 is 1. The lowest BCUT2D eigenvalue weighted by Crippen LogP contribution is -2.31. The van der Waals surface area contributed by atoms with E-state index in [0.717, 1.165) is 68.0 Å². The molecule has 2 heterocycles. The number of fused-ring (bicyclic) bond motifs is 1. The third-order valence-electron chi connectivity index (χ3n) is 8.83. The van der Waals surface area contributed by atoms with E-state index < -0.39 is 0 Å². The smallest absolute Gasteiger partial charge is 0.166 e. The first-order valence-electron chi connectivity index (χ1n) is 18.4. The number of nitrogens with one attached hydrogen (secondary N) is 4. The van der Waals surface area contributed by atoms with Gasteiger partial charge in [0, 0.05) is 32.1 Å². The quantitative estimate of drug-likeness (QED) is 0.0599. The van der Waals surface area contributed by atoms with Gasteiger partial charge < -0.3 is 30.0 Å². The first-order chi connectivity index (χ1) is 24.3. The number of allylic oxidation sites excluding steroid dienone is 1. The van der Waals surface area contributed by atoms with Crippen molar-refractivity contribution in [3.8, 4) is 18.6 Å². The molecule has 4 rings (SSSR count). The second-order valence-electron chi connectivity index (χ2n) is 12.6. The van der Waals surface area contributed by atoms with E-state index in [4.69, 9.17) is 4.74 Å². The van der Waals surface area contributed by atoms with Gasteiger partial charge in [-0.25, -0.2) is 0 Å². The maximum absolute atomic E-state index is 6.08. The van der Waals surface area contributed by atoms with Gasteiger partial charge in [0.1, 0.15) is 0 Å². The molecule has 0 aliphatic carbocycles. The van der Waals surface area contributed by atoms with Crippen LogP contribution >= 0.6 is 18.6 Å². The lowest BCUT2D eigenvalue weighted by molar-refractivity contribution is 0.263. The maximum atomic E-state index is 6.08. The van der Waals surface area contributed by atoms with Crippen LogP contribution in [0.25, 0.3) is 16.6 Å². The average Bonchev–Trinajstić information content (AvgIpc) is 3.82. The van der Waals surface area contributed by atoms with Crippen molar-refractivity contribution in [3.63, 3.8) is 0 Å². The van der Waals surface area contributed by atoms with E-state index in [9.17, 15) is 0 Å². The standard InChI is InChI=1S/C35H56N5OPS.C4H9N.C2H2/c1-10-14-20-40(21-19-36-5)26-28-18-15-17-27-23-33(39(6)34(27)28)30(16-11-2)37-31-24-29(42(8)13-4)25-32(35(31)41-7)38-43(9)22-12-3;1-2-4-5-3-1;1-2/h15-18,22-25,36-38H,10-14,19-21,26H2,1-9H3;5H,1-4H2;1-2H/b30-16-;;. The Kier molecular flexibility index (Phi) is 21.2. The molecule has 1 aliphatic rings. The van der Waals surface area contributed by atoms with Gasteiger partial charge in [0.25, 0.3) is 0 Å². The first kappa shape index (κ1) is 43.4. The number of aromatic nitrogens is 1. The summed E-state index contributed by atoms with van der Waals surface area (Å²) in [6.45, 7) is 17.9. The van der Waals surface area contributed by atoms with Crippen molar-refractivity contribution in [2.45, 2.75) is 72.8 Å². The van der Waals surface area contributed by atoms with Gasteiger partial charge in [0.15, 0.2) is 5.75 Å². The maximum Gasteiger partial charge on any atom is 0.166 e. The topological polar surface area (TPSA) is 65.5 Å². The highest BCUT2D eigenvalue weighted by Gasteiger charge is 2.19. The molecular weight excluding hydrogens is 656 g/mol. The molecule has 3 aromatic rings. The van der Waals surface area contributed by atoms with Gasteiger partial charge in [0.2, 0.25) is 0 Å². The normalized spacial score (nSPS) is 14.1. The number of unbranched alkanes of at least 4 members (excludes halogenated alkanes) is 1. The van der Waals surface area contributed by atoms with Gasteiger partial charge in [-0.05, 0) is 112 Å². The highest BCUT2D eigenvalue weighted by Crippen LogP contribution is 2.41. The van der Waals surface area contributed by atoms with Gasteiger partial charge in [0.05, 0.1) is 35.4 Å². The largest absolute Gasteiger partial charge is 0.492 e. The molecule has 9 heteroatoms. The van der Waals surface area contributed by atoms with E-state index >= 15 is 0 Å². The van der Waals surface area contributed by atoms with Crippen LogP contribution in [-0.4, -0.2) is 80.8 Å². The second-order valence-corrected chi connectivity index (χ2v) is 16.8. The molecule has 278 valence electrons. The Bertz CT molecular complexity index is 1490. The van der Waals surface area contributed by atoms with Gasteiger partial charge in [-0.3, -0.25) is 4.90 Å². The molecule has 0 bridgehead atoms. The predicted octanol–water partition coefficient (Wildman–Crippen LogP) is 8.69. The van der Waals surface area contributed by atoms with E-state index in [1.165, 1.54) is 66.2 Å². The Hall–Kier alpha value is -2.79. The number of nitrogens with zero attached hydrogens (tertiary/aromatic N) is 2. The molecule has 4 N–H and O–H groups in total. The number of rotatable bonds is 18. The molecule has 7 nitrogen and oxygen atoms in total. The van der Waals surface area contributed by atoms with Crippen LogP contribution in [0.5, 0.6) is 5.75 Å². The van der Waals surface area contributed by atoms with Gasteiger partial charge in [-0.2, -0.15) is 0 Å². The Balaban J connectivity index is 0.00000112. The number of likely N-dealkylation sites (N-methyl/N-ethyl adjacent to an activating group) is 1. The fourth-order valence-electron chi connectivity index (χ4n) is 6.11. The Morgan fingerprint density at radius 3 is 2.36 bits per heavy atom. The van der Waals surface area contributed by atoms with Crippen molar-refractivity contribution in [1.82, 2.24) is 20.1 Å². The molecule has 2 unspecified atom stereocenters. The number of benzene rings is 2. The summed E-state index contributed by atoms with van der Waals surface area (Å²) in [6, 6.07) is 13.7. The Labute approximate surface area is 309 Å². The number of para-hydroxylation sites is 1. The van der Waals surface area contributed by atoms with Crippen molar-refractivity contribution in [2.75, 3.05) is 76.0 Å². The highest BCUT2D eigenvalue weighted by atomic mass is 32.2. The molecule has 0 spiro atoms. The summed E-state index contributed by atoms with van der Waals surface area (Å²) in [7, 11) is 5.72. The highest BCUT2D eigenvalue weighted by molar-refractivity contribution is 8.15. The van der Waals surface area contributed by atoms with Crippen molar-refractivity contribution >= 4 is 57.2 Å². The number of ether oxygens (including phenoxy) is 1. The zero-order valence-electron chi connectivity index (χ0n) is 32.6. The summed E-state index contributed by atoms with van der Waals surface area (Å²) in [6.07, 6.45) is 20.9. The van der Waals surface area contributed by atoms with E-state index in [1.807, 2.05) is 7.05 Å². The molecule has 1 fully saturated rings. The minimum absolute atomic E-state index is 0.0458. The minimum atomic E-state index is -0.265. The van der Waals surface area contributed by atoms with Crippen molar-refractivity contribution in [2.24, 2.45) is 7.05 Å². The van der Waals surface area contributed by atoms with E-state index in [0.29, 0.717) is 0 Å². The molecule has 0 saturated carbocycles. The van der Waals surface area contributed by atoms with Crippen LogP contribution < -0.4 is 30.7 Å². The lowest BCUT2D eigenvalue weighted by atomic mass is 10.1. The van der Waals surface area contributed by atoms with Crippen LogP contribution in [0.2, 0.25) is 0 Å². The summed E-state index contributed by atoms with van der Waals surface area (Å²) in [5, 5.41) is 15.4. The molecule has 0 amide bonds. The van der Waals surface area contributed by atoms with E-state index in [1.54, 1.807) is 7.11 Å². The van der Waals surface area contributed by atoms with E-state index in [-0.39, 0.29) is 18.6 Å². The number of anilines is 2. The Morgan fingerprint density at radius 1 is 1.06 bits per heavy atom. The SMILES string of the molecule is C#C.C1CCNC1.CC/C=C(\Nc1cc(P(C)CC)cc(N/S(C)=C/CC)c1OC)c1cc2cccc(CN(CCCC)CCNC)c2n1C. The zero-order valence-corrected chi connectivity index (χ0v) is 34.3. The fraction of sp³-hybridized carbons (Fsp3) is 0.537. The zero-order chi connectivity index (χ0) is 36.9. The summed E-state index contributed by atoms with van der Waals surface area (Å²) in [5.74, 6) is 0.865. The van der Waals surface area contributed by atoms with Crippen molar-refractivity contribution in [3.05, 3.63) is 53.7 Å². The van der Waals surface area contributed by atoms with E-state index in [2.05, 4.69) is 138 Å². The molecule has 50 heavy (non-hydrogen) atoms. The van der Waals surface area contributed by atoms with Gasteiger partial charge in [-0.15, -0.1) is 23.5 Å². The third kappa shape index (κ3) is 13.1. The van der Waals surface area contributed by atoms with Crippen LogP contribution in [0, 0.1) is 12.8 Å². The number of hydrogen-bond acceptors (Lipinski definition) is 6. The number of terminal acetylenes is 1. The number of aryl methyl sites for hydroxylation is 1. The van der Waals surface area contributed by atoms with Crippen LogP contribution in [0.1, 0.15) is 77.5 Å². The van der Waals surface area contributed by atoms with Crippen LogP contribution in [-0.2, 0) is 13.6 Å². The van der Waals surface area contributed by atoms with Crippen LogP contribution in [0.3, 0.4) is 0 Å².